The summed E-state index contributed by atoms with van der Waals surface area (Å²) in [6.45, 7) is 4.95. The van der Waals surface area contributed by atoms with Crippen molar-refractivity contribution in [3.63, 3.8) is 0 Å². The maximum absolute atomic E-state index is 5.95. The maximum Gasteiger partial charge on any atom is 0.142 e. The predicted molar refractivity (Wildman–Crippen MR) is 73.7 cm³/mol. The highest BCUT2D eigenvalue weighted by atomic mass is 16.5. The van der Waals surface area contributed by atoms with E-state index in [4.69, 9.17) is 4.74 Å². The van der Waals surface area contributed by atoms with Gasteiger partial charge in [0.25, 0.3) is 0 Å². The number of ether oxygens (including phenoxy) is 1. The fourth-order valence-electron chi connectivity index (χ4n) is 2.47. The molecule has 0 saturated heterocycles. The van der Waals surface area contributed by atoms with Crippen molar-refractivity contribution in [2.24, 2.45) is 5.92 Å². The molecule has 0 radical (unpaired) electrons. The van der Waals surface area contributed by atoms with E-state index in [-0.39, 0.29) is 0 Å². The molecule has 0 aromatic carbocycles. The van der Waals surface area contributed by atoms with E-state index in [9.17, 15) is 0 Å². The van der Waals surface area contributed by atoms with Crippen molar-refractivity contribution in [1.82, 2.24) is 10.3 Å². The van der Waals surface area contributed by atoms with Crippen LogP contribution in [0.2, 0.25) is 0 Å². The number of nitrogens with zero attached hydrogens (tertiary/aromatic N) is 1. The Balaban J connectivity index is 1.85. The quantitative estimate of drug-likeness (QED) is 0.753. The molecular weight excluding hydrogens is 224 g/mol. The van der Waals surface area contributed by atoms with Gasteiger partial charge >= 0.3 is 0 Å². The molecule has 18 heavy (non-hydrogen) atoms. The molecule has 100 valence electrons. The van der Waals surface area contributed by atoms with Crippen molar-refractivity contribution >= 4 is 0 Å². The van der Waals surface area contributed by atoms with Gasteiger partial charge in [-0.05, 0) is 37.8 Å². The highest BCUT2D eigenvalue weighted by Crippen LogP contribution is 2.26. The smallest absolute Gasteiger partial charge is 0.142 e. The van der Waals surface area contributed by atoms with Crippen LogP contribution >= 0.6 is 0 Å². The van der Waals surface area contributed by atoms with Gasteiger partial charge in [-0.15, -0.1) is 0 Å². The van der Waals surface area contributed by atoms with Gasteiger partial charge in [0, 0.05) is 18.3 Å². The number of hydrogen-bond donors (Lipinski definition) is 1. The second-order valence-corrected chi connectivity index (χ2v) is 5.12. The third kappa shape index (κ3) is 3.98. The molecule has 1 aromatic heterocycles. The van der Waals surface area contributed by atoms with E-state index in [2.05, 4.69) is 17.2 Å². The molecule has 1 fully saturated rings. The lowest BCUT2D eigenvalue weighted by Gasteiger charge is -2.14. The van der Waals surface area contributed by atoms with Gasteiger partial charge < -0.3 is 10.1 Å². The summed E-state index contributed by atoms with van der Waals surface area (Å²) in [5, 5.41) is 3.41. The van der Waals surface area contributed by atoms with Gasteiger partial charge in [0.1, 0.15) is 5.75 Å². The summed E-state index contributed by atoms with van der Waals surface area (Å²) in [7, 11) is 0. The molecule has 2 rings (SSSR count). The Morgan fingerprint density at radius 3 is 3.00 bits per heavy atom. The van der Waals surface area contributed by atoms with Gasteiger partial charge in [-0.1, -0.05) is 19.8 Å². The van der Waals surface area contributed by atoms with Gasteiger partial charge in [-0.2, -0.15) is 0 Å². The number of pyridine rings is 1. The number of hydrogen-bond acceptors (Lipinski definition) is 3. The summed E-state index contributed by atoms with van der Waals surface area (Å²) in [6.07, 6.45) is 10.2. The maximum atomic E-state index is 5.95. The molecule has 0 unspecified atom stereocenters. The Bertz CT molecular complexity index is 348. The molecule has 3 heteroatoms. The van der Waals surface area contributed by atoms with Gasteiger partial charge in [-0.3, -0.25) is 4.98 Å². The van der Waals surface area contributed by atoms with Gasteiger partial charge in [-0.25, -0.2) is 0 Å². The van der Waals surface area contributed by atoms with Gasteiger partial charge in [0.05, 0.1) is 12.8 Å². The molecule has 1 N–H and O–H groups in total. The minimum Gasteiger partial charge on any atom is -0.491 e. The van der Waals surface area contributed by atoms with Crippen LogP contribution in [0, 0.1) is 5.92 Å². The summed E-state index contributed by atoms with van der Waals surface area (Å²) in [6, 6.07) is 2.05. The second kappa shape index (κ2) is 7.37. The molecule has 1 saturated carbocycles. The number of rotatable bonds is 7. The van der Waals surface area contributed by atoms with Crippen LogP contribution in [0.3, 0.4) is 0 Å². The summed E-state index contributed by atoms with van der Waals surface area (Å²) in [4.78, 5) is 4.17. The minimum absolute atomic E-state index is 0.752. The van der Waals surface area contributed by atoms with Crippen molar-refractivity contribution in [2.45, 2.75) is 45.6 Å². The molecule has 1 heterocycles. The van der Waals surface area contributed by atoms with E-state index in [0.717, 1.165) is 37.8 Å². The van der Waals surface area contributed by atoms with E-state index >= 15 is 0 Å². The van der Waals surface area contributed by atoms with Crippen molar-refractivity contribution < 1.29 is 4.74 Å². The molecule has 3 nitrogen and oxygen atoms in total. The van der Waals surface area contributed by atoms with Crippen LogP contribution in [0.5, 0.6) is 5.75 Å². The minimum atomic E-state index is 0.752. The first-order valence-corrected chi connectivity index (χ1v) is 7.16. The normalized spacial score (nSPS) is 16.1. The van der Waals surface area contributed by atoms with Gasteiger partial charge in [0.2, 0.25) is 0 Å². The highest BCUT2D eigenvalue weighted by molar-refractivity contribution is 5.29. The van der Waals surface area contributed by atoms with E-state index in [0.29, 0.717) is 0 Å². The van der Waals surface area contributed by atoms with E-state index in [1.807, 2.05) is 18.5 Å². The van der Waals surface area contributed by atoms with Crippen LogP contribution < -0.4 is 10.1 Å². The lowest BCUT2D eigenvalue weighted by molar-refractivity contribution is 0.248. The predicted octanol–water partition coefficient (Wildman–Crippen LogP) is 3.15. The van der Waals surface area contributed by atoms with E-state index < -0.39 is 0 Å². The lowest BCUT2D eigenvalue weighted by Crippen LogP contribution is -2.16. The fraction of sp³-hybridized carbons (Fsp3) is 0.667. The molecule has 1 aliphatic carbocycles. The second-order valence-electron chi connectivity index (χ2n) is 5.12. The van der Waals surface area contributed by atoms with Crippen LogP contribution in [-0.4, -0.2) is 18.1 Å². The Labute approximate surface area is 110 Å². The van der Waals surface area contributed by atoms with Crippen molar-refractivity contribution in [2.75, 3.05) is 13.2 Å². The highest BCUT2D eigenvalue weighted by Gasteiger charge is 2.16. The number of aromatic nitrogens is 1. The largest absolute Gasteiger partial charge is 0.491 e. The monoisotopic (exact) mass is 248 g/mol. The van der Waals surface area contributed by atoms with Gasteiger partial charge in [0.15, 0.2) is 0 Å². The molecule has 0 aliphatic heterocycles. The van der Waals surface area contributed by atoms with E-state index in [1.54, 1.807) is 0 Å². The summed E-state index contributed by atoms with van der Waals surface area (Å²) in [5.41, 5.74) is 1.22. The topological polar surface area (TPSA) is 34.2 Å². The molecule has 1 aromatic rings. The fourth-order valence-corrected chi connectivity index (χ4v) is 2.47. The zero-order valence-corrected chi connectivity index (χ0v) is 11.3. The zero-order chi connectivity index (χ0) is 12.6. The van der Waals surface area contributed by atoms with Crippen LogP contribution in [0.4, 0.5) is 0 Å². The van der Waals surface area contributed by atoms with Crippen molar-refractivity contribution in [3.05, 3.63) is 24.0 Å². The third-order valence-corrected chi connectivity index (χ3v) is 3.56. The zero-order valence-electron chi connectivity index (χ0n) is 11.3. The first-order chi connectivity index (χ1) is 8.90. The van der Waals surface area contributed by atoms with Crippen LogP contribution in [-0.2, 0) is 6.54 Å². The first kappa shape index (κ1) is 13.3. The number of nitrogens with one attached hydrogen (secondary N) is 1. The Kier molecular flexibility index (Phi) is 5.46. The Morgan fingerprint density at radius 1 is 1.39 bits per heavy atom. The molecule has 1 aliphatic rings. The average Bonchev–Trinajstić information content (AvgIpc) is 2.91. The molecule has 0 atom stereocenters. The third-order valence-electron chi connectivity index (χ3n) is 3.56. The molecule has 0 bridgehead atoms. The Morgan fingerprint density at radius 2 is 2.22 bits per heavy atom. The molecule has 0 spiro atoms. The summed E-state index contributed by atoms with van der Waals surface area (Å²) < 4.78 is 5.95. The van der Waals surface area contributed by atoms with Crippen molar-refractivity contribution in [1.29, 1.82) is 0 Å². The average molecular weight is 248 g/mol. The first-order valence-electron chi connectivity index (χ1n) is 7.16. The molecular formula is C15H24N2O. The molecule has 0 amide bonds. The SMILES string of the molecule is CCCNCc1ccncc1OCC1CCCC1. The van der Waals surface area contributed by atoms with Crippen molar-refractivity contribution in [3.8, 4) is 5.75 Å². The lowest BCUT2D eigenvalue weighted by atomic mass is 10.1. The van der Waals surface area contributed by atoms with Crippen LogP contribution in [0.15, 0.2) is 18.5 Å². The standard InChI is InChI=1S/C15H24N2O/c1-2-8-16-10-14-7-9-17-11-15(14)18-12-13-5-3-4-6-13/h7,9,11,13,16H,2-6,8,10,12H2,1H3. The Hall–Kier alpha value is -1.09. The summed E-state index contributed by atoms with van der Waals surface area (Å²) >= 11 is 0. The van der Waals surface area contributed by atoms with Crippen LogP contribution in [0.1, 0.15) is 44.6 Å². The summed E-state index contributed by atoms with van der Waals surface area (Å²) in [5.74, 6) is 1.70. The van der Waals surface area contributed by atoms with E-state index in [1.165, 1.54) is 31.2 Å². The van der Waals surface area contributed by atoms with Crippen LogP contribution in [0.25, 0.3) is 0 Å².